The van der Waals surface area contributed by atoms with Gasteiger partial charge < -0.3 is 9.30 Å². The van der Waals surface area contributed by atoms with Crippen LogP contribution in [-0.2, 0) is 18.4 Å². The summed E-state index contributed by atoms with van der Waals surface area (Å²) in [7, 11) is 2.05. The third-order valence-electron chi connectivity index (χ3n) is 4.70. The first-order chi connectivity index (χ1) is 12.7. The van der Waals surface area contributed by atoms with E-state index in [0.717, 1.165) is 28.0 Å². The van der Waals surface area contributed by atoms with Crippen molar-refractivity contribution >= 4 is 11.0 Å². The molecule has 1 unspecified atom stereocenters. The maximum absolute atomic E-state index is 6.37. The summed E-state index contributed by atoms with van der Waals surface area (Å²) in [5.74, 6) is 0.922. The molecule has 130 valence electrons. The monoisotopic (exact) mass is 342 g/mol. The van der Waals surface area contributed by atoms with Gasteiger partial charge in [-0.1, -0.05) is 72.3 Å². The second-order valence-electron chi connectivity index (χ2n) is 6.61. The predicted octanol–water partition coefficient (Wildman–Crippen LogP) is 5.19. The van der Waals surface area contributed by atoms with Crippen LogP contribution in [0.1, 0.15) is 28.6 Å². The van der Waals surface area contributed by atoms with Gasteiger partial charge in [0.1, 0.15) is 11.9 Å². The molecule has 1 aromatic heterocycles. The van der Waals surface area contributed by atoms with Crippen molar-refractivity contribution < 1.29 is 4.74 Å². The van der Waals surface area contributed by atoms with E-state index >= 15 is 0 Å². The molecule has 0 spiro atoms. The maximum atomic E-state index is 6.37. The molecule has 4 aromatic rings. The van der Waals surface area contributed by atoms with Gasteiger partial charge in [-0.15, -0.1) is 0 Å². The van der Waals surface area contributed by atoms with E-state index in [-0.39, 0.29) is 6.10 Å². The summed E-state index contributed by atoms with van der Waals surface area (Å²) >= 11 is 0. The lowest BCUT2D eigenvalue weighted by Gasteiger charge is -2.19. The highest BCUT2D eigenvalue weighted by molar-refractivity contribution is 5.76. The molecule has 0 fully saturated rings. The number of imidazole rings is 1. The Hall–Kier alpha value is -2.91. The number of fused-ring (bicyclic) bond motifs is 1. The van der Waals surface area contributed by atoms with Crippen LogP contribution in [0, 0.1) is 6.92 Å². The van der Waals surface area contributed by atoms with E-state index in [2.05, 4.69) is 61.0 Å². The molecular formula is C23H22N2O. The fraction of sp³-hybridized carbons (Fsp3) is 0.174. The molecule has 0 bridgehead atoms. The molecule has 4 rings (SSSR count). The van der Waals surface area contributed by atoms with Crippen molar-refractivity contribution in [3.8, 4) is 0 Å². The van der Waals surface area contributed by atoms with Crippen molar-refractivity contribution in [3.05, 3.63) is 101 Å². The van der Waals surface area contributed by atoms with Crippen molar-refractivity contribution in [1.29, 1.82) is 0 Å². The average Bonchev–Trinajstić information content (AvgIpc) is 3.01. The molecule has 0 saturated heterocycles. The number of benzene rings is 3. The van der Waals surface area contributed by atoms with Crippen LogP contribution in [0.5, 0.6) is 0 Å². The molecule has 0 saturated carbocycles. The lowest BCUT2D eigenvalue weighted by atomic mass is 10.1. The Balaban J connectivity index is 1.73. The number of aryl methyl sites for hydroxylation is 2. The number of hydrogen-bond acceptors (Lipinski definition) is 2. The van der Waals surface area contributed by atoms with Gasteiger partial charge >= 0.3 is 0 Å². The van der Waals surface area contributed by atoms with Crippen molar-refractivity contribution in [2.75, 3.05) is 0 Å². The number of hydrogen-bond donors (Lipinski definition) is 0. The average molecular weight is 342 g/mol. The van der Waals surface area contributed by atoms with E-state index < -0.39 is 0 Å². The van der Waals surface area contributed by atoms with E-state index in [1.54, 1.807) is 0 Å². The van der Waals surface area contributed by atoms with E-state index in [1.165, 1.54) is 5.56 Å². The van der Waals surface area contributed by atoms with Gasteiger partial charge in [-0.05, 0) is 30.2 Å². The zero-order valence-electron chi connectivity index (χ0n) is 15.1. The van der Waals surface area contributed by atoms with Crippen molar-refractivity contribution in [1.82, 2.24) is 9.55 Å². The first kappa shape index (κ1) is 16.6. The van der Waals surface area contributed by atoms with Gasteiger partial charge in [-0.2, -0.15) is 0 Å². The summed E-state index contributed by atoms with van der Waals surface area (Å²) in [4.78, 5) is 4.86. The number of para-hydroxylation sites is 2. The molecule has 0 N–H and O–H groups in total. The minimum absolute atomic E-state index is 0.215. The Labute approximate surface area is 153 Å². The van der Waals surface area contributed by atoms with Crippen LogP contribution in [0.25, 0.3) is 11.0 Å². The summed E-state index contributed by atoms with van der Waals surface area (Å²) in [5, 5.41) is 0. The molecule has 1 atom stereocenters. The second-order valence-corrected chi connectivity index (χ2v) is 6.61. The molecule has 0 radical (unpaired) electrons. The Kier molecular flexibility index (Phi) is 4.55. The number of nitrogens with zero attached hydrogens (tertiary/aromatic N) is 2. The molecule has 0 aliphatic rings. The van der Waals surface area contributed by atoms with Gasteiger partial charge in [-0.3, -0.25) is 0 Å². The normalized spacial score (nSPS) is 12.4. The van der Waals surface area contributed by atoms with Crippen molar-refractivity contribution in [2.45, 2.75) is 19.6 Å². The van der Waals surface area contributed by atoms with E-state index in [1.807, 2.05) is 36.4 Å². The summed E-state index contributed by atoms with van der Waals surface area (Å²) in [5.41, 5.74) is 5.61. The van der Waals surface area contributed by atoms with Crippen molar-refractivity contribution in [2.24, 2.45) is 7.05 Å². The van der Waals surface area contributed by atoms with Crippen molar-refractivity contribution in [3.63, 3.8) is 0 Å². The van der Waals surface area contributed by atoms with Crippen LogP contribution < -0.4 is 0 Å². The minimum atomic E-state index is -0.215. The standard InChI is InChI=1S/C23H22N2O/c1-17-12-14-19(15-13-17)22(26-16-18-8-4-3-5-9-18)23-24-20-10-6-7-11-21(20)25(23)2/h3-15,22H,16H2,1-2H3. The quantitative estimate of drug-likeness (QED) is 0.499. The largest absolute Gasteiger partial charge is 0.361 e. The van der Waals surface area contributed by atoms with Crippen LogP contribution >= 0.6 is 0 Å². The number of rotatable bonds is 5. The van der Waals surface area contributed by atoms with E-state index in [4.69, 9.17) is 9.72 Å². The lowest BCUT2D eigenvalue weighted by Crippen LogP contribution is -2.12. The molecule has 3 aromatic carbocycles. The van der Waals surface area contributed by atoms with Crippen LogP contribution in [0.2, 0.25) is 0 Å². The molecule has 0 aliphatic heterocycles. The van der Waals surface area contributed by atoms with Crippen LogP contribution in [0.15, 0.2) is 78.9 Å². The molecular weight excluding hydrogens is 320 g/mol. The van der Waals surface area contributed by atoms with Gasteiger partial charge in [0, 0.05) is 7.05 Å². The Morgan fingerprint density at radius 3 is 2.31 bits per heavy atom. The molecule has 1 heterocycles. The maximum Gasteiger partial charge on any atom is 0.143 e. The fourth-order valence-electron chi connectivity index (χ4n) is 3.21. The smallest absolute Gasteiger partial charge is 0.143 e. The zero-order valence-corrected chi connectivity index (χ0v) is 15.1. The van der Waals surface area contributed by atoms with E-state index in [0.29, 0.717) is 6.61 Å². The lowest BCUT2D eigenvalue weighted by molar-refractivity contribution is 0.0596. The third kappa shape index (κ3) is 3.26. The second kappa shape index (κ2) is 7.14. The fourth-order valence-corrected chi connectivity index (χ4v) is 3.21. The van der Waals surface area contributed by atoms with Gasteiger partial charge in [0.05, 0.1) is 17.6 Å². The summed E-state index contributed by atoms with van der Waals surface area (Å²) in [6, 6.07) is 27.0. The first-order valence-electron chi connectivity index (χ1n) is 8.86. The molecule has 0 aliphatic carbocycles. The van der Waals surface area contributed by atoms with E-state index in [9.17, 15) is 0 Å². The third-order valence-corrected chi connectivity index (χ3v) is 4.70. The van der Waals surface area contributed by atoms with Gasteiger partial charge in [0.15, 0.2) is 0 Å². The Bertz CT molecular complexity index is 1000. The van der Waals surface area contributed by atoms with Gasteiger partial charge in [-0.25, -0.2) is 4.98 Å². The summed E-state index contributed by atoms with van der Waals surface area (Å²) < 4.78 is 8.50. The highest BCUT2D eigenvalue weighted by Crippen LogP contribution is 2.29. The first-order valence-corrected chi connectivity index (χ1v) is 8.86. The molecule has 26 heavy (non-hydrogen) atoms. The van der Waals surface area contributed by atoms with Crippen LogP contribution in [0.4, 0.5) is 0 Å². The summed E-state index contributed by atoms with van der Waals surface area (Å²) in [6.45, 7) is 2.64. The predicted molar refractivity (Wildman–Crippen MR) is 105 cm³/mol. The summed E-state index contributed by atoms with van der Waals surface area (Å²) in [6.07, 6.45) is -0.215. The van der Waals surface area contributed by atoms with Gasteiger partial charge in [0.25, 0.3) is 0 Å². The highest BCUT2D eigenvalue weighted by Gasteiger charge is 2.21. The number of ether oxygens (including phenoxy) is 1. The van der Waals surface area contributed by atoms with Crippen LogP contribution in [-0.4, -0.2) is 9.55 Å². The topological polar surface area (TPSA) is 27.1 Å². The Morgan fingerprint density at radius 2 is 1.58 bits per heavy atom. The minimum Gasteiger partial charge on any atom is -0.361 e. The molecule has 3 heteroatoms. The van der Waals surface area contributed by atoms with Crippen LogP contribution in [0.3, 0.4) is 0 Å². The SMILES string of the molecule is Cc1ccc(C(OCc2ccccc2)c2nc3ccccc3n2C)cc1. The van der Waals surface area contributed by atoms with Gasteiger partial charge in [0.2, 0.25) is 0 Å². The molecule has 3 nitrogen and oxygen atoms in total. The zero-order chi connectivity index (χ0) is 17.9. The molecule has 0 amide bonds. The highest BCUT2D eigenvalue weighted by atomic mass is 16.5. The number of aromatic nitrogens is 2. The Morgan fingerprint density at radius 1 is 0.885 bits per heavy atom.